The highest BCUT2D eigenvalue weighted by molar-refractivity contribution is 5.96. The highest BCUT2D eigenvalue weighted by atomic mass is 19.1. The average molecular weight is 491 g/mol. The van der Waals surface area contributed by atoms with Crippen molar-refractivity contribution in [2.24, 2.45) is 0 Å². The normalized spacial score (nSPS) is 14.2. The third kappa shape index (κ3) is 3.93. The van der Waals surface area contributed by atoms with Crippen molar-refractivity contribution in [3.63, 3.8) is 0 Å². The second-order valence-corrected chi connectivity index (χ2v) is 9.37. The van der Waals surface area contributed by atoms with Crippen molar-refractivity contribution in [3.8, 4) is 34.0 Å². The number of hydrogen-bond donors (Lipinski definition) is 2. The number of halogens is 1. The summed E-state index contributed by atoms with van der Waals surface area (Å²) in [5.74, 6) is 0.235. The second kappa shape index (κ2) is 8.86. The molecule has 0 spiro atoms. The lowest BCUT2D eigenvalue weighted by Crippen LogP contribution is -2.18. The van der Waals surface area contributed by atoms with Crippen molar-refractivity contribution in [1.29, 1.82) is 0 Å². The summed E-state index contributed by atoms with van der Waals surface area (Å²) in [5.41, 5.74) is 6.66. The number of likely N-dealkylation sites (tertiary alicyclic amines) is 1. The van der Waals surface area contributed by atoms with Crippen molar-refractivity contribution in [1.82, 2.24) is 40.0 Å². The largest absolute Gasteiger partial charge is 0.336 e. The zero-order chi connectivity index (χ0) is 24.8. The zero-order valence-corrected chi connectivity index (χ0v) is 19.9. The molecule has 1 aliphatic rings. The molecule has 6 aromatic rings. The van der Waals surface area contributed by atoms with Gasteiger partial charge in [0.15, 0.2) is 5.82 Å². The van der Waals surface area contributed by atoms with Gasteiger partial charge in [-0.25, -0.2) is 9.37 Å². The Morgan fingerprint density at radius 3 is 2.70 bits per heavy atom. The van der Waals surface area contributed by atoms with E-state index in [1.54, 1.807) is 30.6 Å². The van der Waals surface area contributed by atoms with Crippen LogP contribution in [0.4, 0.5) is 4.39 Å². The maximum absolute atomic E-state index is 14.5. The molecule has 0 amide bonds. The summed E-state index contributed by atoms with van der Waals surface area (Å²) in [6.07, 6.45) is 9.72. The highest BCUT2D eigenvalue weighted by Gasteiger charge is 2.18. The van der Waals surface area contributed by atoms with Crippen LogP contribution in [-0.4, -0.2) is 53.1 Å². The highest BCUT2D eigenvalue weighted by Crippen LogP contribution is 2.32. The Bertz CT molecular complexity index is 1750. The molecule has 1 fully saturated rings. The number of hydrogen-bond acceptors (Lipinski definition) is 6. The van der Waals surface area contributed by atoms with Crippen molar-refractivity contribution in [2.45, 2.75) is 19.4 Å². The average Bonchev–Trinajstić information content (AvgIpc) is 3.68. The molecule has 0 radical (unpaired) electrons. The molecule has 7 rings (SSSR count). The van der Waals surface area contributed by atoms with E-state index in [0.717, 1.165) is 47.3 Å². The molecule has 0 aliphatic carbocycles. The molecule has 9 heteroatoms. The van der Waals surface area contributed by atoms with Crippen LogP contribution in [0.15, 0.2) is 67.3 Å². The van der Waals surface area contributed by atoms with Crippen LogP contribution in [0.25, 0.3) is 56.0 Å². The fourth-order valence-corrected chi connectivity index (χ4v) is 5.07. The first-order chi connectivity index (χ1) is 18.2. The number of benzene rings is 1. The lowest BCUT2D eigenvalue weighted by molar-refractivity contribution is 0.331. The molecule has 8 nitrogen and oxygen atoms in total. The fourth-order valence-electron chi connectivity index (χ4n) is 5.07. The predicted octanol–water partition coefficient (Wildman–Crippen LogP) is 5.36. The Hall–Kier alpha value is -4.50. The molecule has 182 valence electrons. The van der Waals surface area contributed by atoms with E-state index >= 15 is 0 Å². The Morgan fingerprint density at radius 1 is 0.919 bits per heavy atom. The van der Waals surface area contributed by atoms with Gasteiger partial charge in [-0.15, -0.1) is 0 Å². The van der Waals surface area contributed by atoms with Crippen LogP contribution in [0.1, 0.15) is 18.4 Å². The number of fused-ring (bicyclic) bond motifs is 2. The Morgan fingerprint density at radius 2 is 1.81 bits per heavy atom. The standard InChI is InChI=1S/C28H23FN8/c29-21-6-2-1-5-19(21)25-27-22(7-8-31-25)33-28(34-27)26-20-12-23(32-15-24(20)35-36-26)18-11-17(13-30-14-18)16-37-9-3-4-10-37/h1-2,5-8,11-15H,3-4,9-10,16H2,(H,33,34)(H,35,36). The molecule has 0 unspecified atom stereocenters. The van der Waals surface area contributed by atoms with Gasteiger partial charge in [0.1, 0.15) is 22.7 Å². The molecule has 1 saturated heterocycles. The minimum atomic E-state index is -0.339. The number of aromatic nitrogens is 7. The van der Waals surface area contributed by atoms with E-state index in [1.165, 1.54) is 24.5 Å². The number of nitrogens with one attached hydrogen (secondary N) is 2. The van der Waals surface area contributed by atoms with Gasteiger partial charge in [0.2, 0.25) is 0 Å². The summed E-state index contributed by atoms with van der Waals surface area (Å²) < 4.78 is 14.5. The smallest absolute Gasteiger partial charge is 0.159 e. The van der Waals surface area contributed by atoms with Gasteiger partial charge in [0.05, 0.1) is 22.9 Å². The van der Waals surface area contributed by atoms with E-state index in [1.807, 2.05) is 24.5 Å². The summed E-state index contributed by atoms with van der Waals surface area (Å²) in [7, 11) is 0. The summed E-state index contributed by atoms with van der Waals surface area (Å²) >= 11 is 0. The molecule has 37 heavy (non-hydrogen) atoms. The van der Waals surface area contributed by atoms with Crippen LogP contribution in [0.5, 0.6) is 0 Å². The van der Waals surface area contributed by atoms with Crippen LogP contribution < -0.4 is 0 Å². The first-order valence-electron chi connectivity index (χ1n) is 12.3. The molecule has 1 aliphatic heterocycles. The number of H-pyrrole nitrogens is 2. The number of aromatic amines is 2. The molecular weight excluding hydrogens is 467 g/mol. The molecule has 0 saturated carbocycles. The topological polar surface area (TPSA) is 99.3 Å². The number of rotatable bonds is 5. The lowest BCUT2D eigenvalue weighted by atomic mass is 10.1. The van der Waals surface area contributed by atoms with Crippen LogP contribution in [0.2, 0.25) is 0 Å². The maximum Gasteiger partial charge on any atom is 0.159 e. The van der Waals surface area contributed by atoms with Crippen molar-refractivity contribution < 1.29 is 4.39 Å². The Labute approximate surface area is 211 Å². The molecule has 2 N–H and O–H groups in total. The van der Waals surface area contributed by atoms with Gasteiger partial charge in [-0.3, -0.25) is 25.0 Å². The van der Waals surface area contributed by atoms with E-state index < -0.39 is 0 Å². The van der Waals surface area contributed by atoms with Gasteiger partial charge in [-0.1, -0.05) is 12.1 Å². The van der Waals surface area contributed by atoms with Gasteiger partial charge in [-0.2, -0.15) is 5.10 Å². The maximum atomic E-state index is 14.5. The van der Waals surface area contributed by atoms with Gasteiger partial charge in [0, 0.05) is 41.6 Å². The van der Waals surface area contributed by atoms with Crippen LogP contribution in [0, 0.1) is 5.82 Å². The van der Waals surface area contributed by atoms with E-state index in [0.29, 0.717) is 28.3 Å². The molecule has 0 bridgehead atoms. The van der Waals surface area contributed by atoms with E-state index in [-0.39, 0.29) is 5.82 Å². The zero-order valence-electron chi connectivity index (χ0n) is 19.9. The minimum Gasteiger partial charge on any atom is -0.336 e. The van der Waals surface area contributed by atoms with E-state index in [2.05, 4.69) is 41.1 Å². The van der Waals surface area contributed by atoms with E-state index in [4.69, 9.17) is 4.98 Å². The molecule has 0 atom stereocenters. The first-order valence-corrected chi connectivity index (χ1v) is 12.3. The SMILES string of the molecule is Fc1ccccc1-c1nccc2[nH]c(-c3n[nH]c4cnc(-c5cncc(CN6CCCC6)c5)cc34)nc12. The van der Waals surface area contributed by atoms with Gasteiger partial charge in [0.25, 0.3) is 0 Å². The van der Waals surface area contributed by atoms with Crippen molar-refractivity contribution in [2.75, 3.05) is 13.1 Å². The summed E-state index contributed by atoms with van der Waals surface area (Å²) in [6, 6.07) is 12.6. The predicted molar refractivity (Wildman–Crippen MR) is 140 cm³/mol. The Balaban J connectivity index is 1.29. The third-order valence-electron chi connectivity index (χ3n) is 6.90. The lowest BCUT2D eigenvalue weighted by Gasteiger charge is -2.14. The van der Waals surface area contributed by atoms with Gasteiger partial charge in [-0.05, 0) is 61.8 Å². The number of nitrogens with zero attached hydrogens (tertiary/aromatic N) is 6. The molecule has 1 aromatic carbocycles. The van der Waals surface area contributed by atoms with Gasteiger partial charge >= 0.3 is 0 Å². The minimum absolute atomic E-state index is 0.339. The number of pyridine rings is 3. The van der Waals surface area contributed by atoms with Crippen molar-refractivity contribution in [3.05, 3.63) is 78.6 Å². The monoisotopic (exact) mass is 490 g/mol. The molecular formula is C28H23FN8. The molecule has 6 heterocycles. The summed E-state index contributed by atoms with van der Waals surface area (Å²) in [6.45, 7) is 3.17. The van der Waals surface area contributed by atoms with Crippen LogP contribution in [0.3, 0.4) is 0 Å². The first kappa shape index (κ1) is 21.8. The quantitative estimate of drug-likeness (QED) is 0.338. The second-order valence-electron chi connectivity index (χ2n) is 9.37. The Kier molecular flexibility index (Phi) is 5.21. The van der Waals surface area contributed by atoms with E-state index in [9.17, 15) is 4.39 Å². The number of imidazole rings is 1. The molecule has 5 aromatic heterocycles. The van der Waals surface area contributed by atoms with Gasteiger partial charge < -0.3 is 4.98 Å². The summed E-state index contributed by atoms with van der Waals surface area (Å²) in [5, 5.41) is 8.46. The van der Waals surface area contributed by atoms with Crippen molar-refractivity contribution >= 4 is 21.9 Å². The van der Waals surface area contributed by atoms with Crippen LogP contribution >= 0.6 is 0 Å². The summed E-state index contributed by atoms with van der Waals surface area (Å²) in [4.78, 5) is 24.1. The fraction of sp³-hybridized carbons (Fsp3) is 0.179. The van der Waals surface area contributed by atoms with Crippen LogP contribution in [-0.2, 0) is 6.54 Å². The third-order valence-corrected chi connectivity index (χ3v) is 6.90.